The van der Waals surface area contributed by atoms with E-state index in [1.54, 1.807) is 17.3 Å². The number of fused-ring (bicyclic) bond motifs is 1. The monoisotopic (exact) mass is 418 g/mol. The average Bonchev–Trinajstić information content (AvgIpc) is 3.04. The highest BCUT2D eigenvalue weighted by Crippen LogP contribution is 2.34. The van der Waals surface area contributed by atoms with Crippen LogP contribution in [0.25, 0.3) is 10.9 Å². The minimum absolute atomic E-state index is 0.265. The summed E-state index contributed by atoms with van der Waals surface area (Å²) in [5, 5.41) is 1.15. The summed E-state index contributed by atoms with van der Waals surface area (Å²) in [4.78, 5) is 32.4. The summed E-state index contributed by atoms with van der Waals surface area (Å²) in [6.45, 7) is 4.65. The highest BCUT2D eigenvalue weighted by atomic mass is 16.5. The molecule has 0 N–H and O–H groups in total. The van der Waals surface area contributed by atoms with Gasteiger partial charge in [-0.25, -0.2) is 14.8 Å². The minimum atomic E-state index is -0.265. The lowest BCUT2D eigenvalue weighted by Gasteiger charge is -2.41. The minimum Gasteiger partial charge on any atom is -0.453 e. The van der Waals surface area contributed by atoms with Gasteiger partial charge in [0.2, 0.25) is 0 Å². The van der Waals surface area contributed by atoms with Gasteiger partial charge in [0.25, 0.3) is 0 Å². The second-order valence-electron chi connectivity index (χ2n) is 8.03. The molecule has 0 radical (unpaired) electrons. The van der Waals surface area contributed by atoms with Gasteiger partial charge in [-0.05, 0) is 24.6 Å². The number of amides is 1. The number of anilines is 2. The Morgan fingerprint density at radius 2 is 1.81 bits per heavy atom. The van der Waals surface area contributed by atoms with Gasteiger partial charge >= 0.3 is 6.09 Å². The number of nitrogens with zero attached hydrogens (tertiary/aromatic N) is 6. The Labute approximate surface area is 181 Å². The summed E-state index contributed by atoms with van der Waals surface area (Å²) in [6, 6.07) is 12.4. The first-order valence-corrected chi connectivity index (χ1v) is 10.7. The summed E-state index contributed by atoms with van der Waals surface area (Å²) in [5.74, 6) is 2.26. The molecule has 1 amide bonds. The second-order valence-corrected chi connectivity index (χ2v) is 8.03. The largest absolute Gasteiger partial charge is 0.453 e. The molecule has 2 fully saturated rings. The Morgan fingerprint density at radius 3 is 2.68 bits per heavy atom. The fourth-order valence-electron chi connectivity index (χ4n) is 4.38. The Balaban J connectivity index is 1.29. The first kappa shape index (κ1) is 19.5. The molecular formula is C23H26N6O2. The maximum atomic E-state index is 11.9. The highest BCUT2D eigenvalue weighted by Gasteiger charge is 2.34. The molecule has 2 saturated heterocycles. The standard InChI is InChI=1S/C23H26N6O2/c1-31-23(30)28-12-4-11-27(13-14-28)22-21(24-9-10-25-22)18-15-29(16-18)20-8-7-17-5-2-3-6-19(17)26-20/h2-3,5-10,18H,4,11-16H2,1H3. The number of para-hydroxylation sites is 1. The van der Waals surface area contributed by atoms with Crippen LogP contribution in [0, 0.1) is 0 Å². The van der Waals surface area contributed by atoms with Crippen LogP contribution in [0.4, 0.5) is 16.4 Å². The van der Waals surface area contributed by atoms with Crippen molar-refractivity contribution in [1.29, 1.82) is 0 Å². The number of rotatable bonds is 3. The predicted molar refractivity (Wildman–Crippen MR) is 120 cm³/mol. The van der Waals surface area contributed by atoms with E-state index in [-0.39, 0.29) is 6.09 Å². The topological polar surface area (TPSA) is 74.7 Å². The number of aromatic nitrogens is 3. The molecule has 0 saturated carbocycles. The Morgan fingerprint density at radius 1 is 0.968 bits per heavy atom. The summed E-state index contributed by atoms with van der Waals surface area (Å²) < 4.78 is 4.88. The number of pyridine rings is 1. The lowest BCUT2D eigenvalue weighted by atomic mass is 9.95. The van der Waals surface area contributed by atoms with Gasteiger partial charge in [0.05, 0.1) is 18.3 Å². The number of carbonyl (C=O) groups is 1. The highest BCUT2D eigenvalue weighted by molar-refractivity contribution is 5.80. The molecule has 160 valence electrons. The molecule has 0 unspecified atom stereocenters. The van der Waals surface area contributed by atoms with Crippen molar-refractivity contribution in [3.63, 3.8) is 0 Å². The van der Waals surface area contributed by atoms with Crippen LogP contribution in [0.3, 0.4) is 0 Å². The number of ether oxygens (including phenoxy) is 1. The Kier molecular flexibility index (Phi) is 5.28. The Bertz CT molecular complexity index is 1080. The van der Waals surface area contributed by atoms with Gasteiger partial charge in [0.15, 0.2) is 5.82 Å². The molecule has 0 spiro atoms. The first-order valence-electron chi connectivity index (χ1n) is 10.7. The van der Waals surface area contributed by atoms with Gasteiger partial charge in [-0.2, -0.15) is 0 Å². The molecule has 1 aromatic carbocycles. The van der Waals surface area contributed by atoms with E-state index in [9.17, 15) is 4.79 Å². The van der Waals surface area contributed by atoms with Crippen LogP contribution in [0.5, 0.6) is 0 Å². The van der Waals surface area contributed by atoms with Gasteiger partial charge in [-0.3, -0.25) is 4.98 Å². The van der Waals surface area contributed by atoms with Crippen LogP contribution in [0.2, 0.25) is 0 Å². The molecule has 0 aliphatic carbocycles. The van der Waals surface area contributed by atoms with Crippen LogP contribution >= 0.6 is 0 Å². The van der Waals surface area contributed by atoms with Gasteiger partial charge in [0, 0.05) is 63.0 Å². The molecule has 2 aliphatic rings. The zero-order valence-electron chi connectivity index (χ0n) is 17.6. The quantitative estimate of drug-likeness (QED) is 0.647. The van der Waals surface area contributed by atoms with Crippen molar-refractivity contribution >= 4 is 28.6 Å². The van der Waals surface area contributed by atoms with Gasteiger partial charge in [-0.1, -0.05) is 18.2 Å². The molecule has 3 aromatic rings. The smallest absolute Gasteiger partial charge is 0.409 e. The van der Waals surface area contributed by atoms with Gasteiger partial charge in [0.1, 0.15) is 5.82 Å². The Hall–Kier alpha value is -3.42. The maximum absolute atomic E-state index is 11.9. The summed E-state index contributed by atoms with van der Waals surface area (Å²) >= 11 is 0. The molecule has 4 heterocycles. The first-order chi connectivity index (χ1) is 15.2. The van der Waals surface area contributed by atoms with E-state index >= 15 is 0 Å². The molecule has 0 bridgehead atoms. The number of hydrogen-bond donors (Lipinski definition) is 0. The number of benzene rings is 1. The van der Waals surface area contributed by atoms with Crippen molar-refractivity contribution < 1.29 is 9.53 Å². The van der Waals surface area contributed by atoms with Crippen LogP contribution in [0.15, 0.2) is 48.8 Å². The number of methoxy groups -OCH3 is 1. The third kappa shape index (κ3) is 3.85. The summed E-state index contributed by atoms with van der Waals surface area (Å²) in [5.41, 5.74) is 2.05. The van der Waals surface area contributed by atoms with Crippen molar-refractivity contribution in [2.45, 2.75) is 12.3 Å². The molecule has 2 aromatic heterocycles. The van der Waals surface area contributed by atoms with Crippen LogP contribution in [-0.4, -0.2) is 72.3 Å². The fraction of sp³-hybridized carbons (Fsp3) is 0.391. The molecule has 0 atom stereocenters. The van der Waals surface area contributed by atoms with Crippen LogP contribution in [-0.2, 0) is 4.74 Å². The van der Waals surface area contributed by atoms with Crippen molar-refractivity contribution in [1.82, 2.24) is 19.9 Å². The normalized spacial score (nSPS) is 17.4. The van der Waals surface area contributed by atoms with Crippen molar-refractivity contribution in [2.75, 3.05) is 56.2 Å². The molecular weight excluding hydrogens is 392 g/mol. The fourth-order valence-corrected chi connectivity index (χ4v) is 4.38. The summed E-state index contributed by atoms with van der Waals surface area (Å²) in [6.07, 6.45) is 4.14. The van der Waals surface area contributed by atoms with E-state index in [1.807, 2.05) is 18.2 Å². The van der Waals surface area contributed by atoms with Crippen molar-refractivity contribution in [2.24, 2.45) is 0 Å². The molecule has 2 aliphatic heterocycles. The average molecular weight is 419 g/mol. The summed E-state index contributed by atoms with van der Waals surface area (Å²) in [7, 11) is 1.43. The van der Waals surface area contributed by atoms with E-state index in [4.69, 9.17) is 14.7 Å². The van der Waals surface area contributed by atoms with Crippen LogP contribution in [0.1, 0.15) is 18.0 Å². The molecule has 8 nitrogen and oxygen atoms in total. The molecule has 8 heteroatoms. The maximum Gasteiger partial charge on any atom is 0.409 e. The third-order valence-corrected chi connectivity index (χ3v) is 6.11. The van der Waals surface area contributed by atoms with Crippen molar-refractivity contribution in [3.05, 3.63) is 54.5 Å². The van der Waals surface area contributed by atoms with E-state index in [1.165, 1.54) is 7.11 Å². The van der Waals surface area contributed by atoms with E-state index < -0.39 is 0 Å². The van der Waals surface area contributed by atoms with Crippen molar-refractivity contribution in [3.8, 4) is 0 Å². The number of carbonyl (C=O) groups excluding carboxylic acids is 1. The molecule has 31 heavy (non-hydrogen) atoms. The van der Waals surface area contributed by atoms with Crippen LogP contribution < -0.4 is 9.80 Å². The lowest BCUT2D eigenvalue weighted by Crippen LogP contribution is -2.46. The zero-order valence-corrected chi connectivity index (χ0v) is 17.6. The van der Waals surface area contributed by atoms with E-state index in [2.05, 4.69) is 33.0 Å². The van der Waals surface area contributed by atoms with Gasteiger partial charge < -0.3 is 19.4 Å². The van der Waals surface area contributed by atoms with E-state index in [0.29, 0.717) is 19.0 Å². The van der Waals surface area contributed by atoms with Gasteiger partial charge in [-0.15, -0.1) is 0 Å². The molecule has 5 rings (SSSR count). The number of hydrogen-bond acceptors (Lipinski definition) is 7. The lowest BCUT2D eigenvalue weighted by molar-refractivity contribution is 0.126. The van der Waals surface area contributed by atoms with E-state index in [0.717, 1.165) is 60.8 Å². The SMILES string of the molecule is COC(=O)N1CCCN(c2nccnc2C2CN(c3ccc4ccccc4n3)C2)CC1. The second kappa shape index (κ2) is 8.37. The third-order valence-electron chi connectivity index (χ3n) is 6.11. The zero-order chi connectivity index (χ0) is 21.2. The predicted octanol–water partition coefficient (Wildman–Crippen LogP) is 2.91.